The molecule has 0 aliphatic rings. The highest BCUT2D eigenvalue weighted by Gasteiger charge is 2.32. The predicted octanol–water partition coefficient (Wildman–Crippen LogP) is 5.29. The summed E-state index contributed by atoms with van der Waals surface area (Å²) in [6.45, 7) is -0.0889. The summed E-state index contributed by atoms with van der Waals surface area (Å²) < 4.78 is 63.5. The zero-order chi connectivity index (χ0) is 22.0. The van der Waals surface area contributed by atoms with Crippen molar-refractivity contribution < 1.29 is 27.0 Å². The number of aromatic amines is 1. The number of rotatable bonds is 6. The Morgan fingerprint density at radius 3 is 2.58 bits per heavy atom. The molecule has 0 unspecified atom stereocenters. The minimum Gasteiger partial charge on any atom is -0.493 e. The molecule has 0 saturated carbocycles. The summed E-state index contributed by atoms with van der Waals surface area (Å²) in [4.78, 5) is 10.7. The number of hydrogen-bond acceptors (Lipinski definition) is 4. The first kappa shape index (κ1) is 20.6. The molecule has 3 aromatic heterocycles. The maximum atomic E-state index is 14.8. The Balaban J connectivity index is 1.52. The number of methoxy groups -OCH3 is 1. The Kier molecular flexibility index (Phi) is 5.50. The number of ether oxygens (including phenoxy) is 2. The summed E-state index contributed by atoms with van der Waals surface area (Å²) in [6.07, 6.45) is 0.334. The standard InChI is InChI=1S/C22H17F4N3O2/c1-30-18-8-14(7-15-11-29-21-16(15)3-2-6-27-21)17(23)9-19(18)31-12-13-4-5-20(28-10-13)22(24,25)26/h2-6,8-11H,7,12H2,1H3,(H,27,29). The van der Waals surface area contributed by atoms with Crippen LogP contribution in [0.25, 0.3) is 11.0 Å². The molecule has 1 N–H and O–H groups in total. The Hall–Kier alpha value is -3.62. The molecule has 0 fully saturated rings. The number of hydrogen-bond donors (Lipinski definition) is 1. The first-order chi connectivity index (χ1) is 14.8. The topological polar surface area (TPSA) is 60.0 Å². The molecule has 0 spiro atoms. The van der Waals surface area contributed by atoms with Gasteiger partial charge in [0.1, 0.15) is 23.8 Å². The summed E-state index contributed by atoms with van der Waals surface area (Å²) in [7, 11) is 1.43. The quantitative estimate of drug-likeness (QED) is 0.421. The third-order valence-corrected chi connectivity index (χ3v) is 4.76. The van der Waals surface area contributed by atoms with Gasteiger partial charge < -0.3 is 14.5 Å². The van der Waals surface area contributed by atoms with Crippen molar-refractivity contribution in [3.05, 3.63) is 83.2 Å². The van der Waals surface area contributed by atoms with Gasteiger partial charge in [0.05, 0.1) is 7.11 Å². The third-order valence-electron chi connectivity index (χ3n) is 4.76. The molecule has 0 aliphatic heterocycles. The average molecular weight is 431 g/mol. The largest absolute Gasteiger partial charge is 0.493 e. The van der Waals surface area contributed by atoms with Crippen LogP contribution in [0.1, 0.15) is 22.4 Å². The van der Waals surface area contributed by atoms with E-state index in [0.717, 1.165) is 28.9 Å². The normalized spacial score (nSPS) is 11.6. The van der Waals surface area contributed by atoms with Crippen LogP contribution >= 0.6 is 0 Å². The smallest absolute Gasteiger partial charge is 0.433 e. The molecule has 0 bridgehead atoms. The summed E-state index contributed by atoms with van der Waals surface area (Å²) in [5.74, 6) is -0.0296. The monoisotopic (exact) mass is 431 g/mol. The zero-order valence-electron chi connectivity index (χ0n) is 16.3. The lowest BCUT2D eigenvalue weighted by atomic mass is 10.0. The van der Waals surface area contributed by atoms with Crippen molar-refractivity contribution in [2.24, 2.45) is 0 Å². The second-order valence-electron chi connectivity index (χ2n) is 6.82. The fourth-order valence-electron chi connectivity index (χ4n) is 3.19. The van der Waals surface area contributed by atoms with Crippen molar-refractivity contribution >= 4 is 11.0 Å². The molecule has 1 aromatic carbocycles. The van der Waals surface area contributed by atoms with Crippen LogP contribution in [0.15, 0.2) is 55.0 Å². The summed E-state index contributed by atoms with van der Waals surface area (Å²) in [5, 5.41) is 0.899. The highest BCUT2D eigenvalue weighted by Crippen LogP contribution is 2.33. The number of halogens is 4. The van der Waals surface area contributed by atoms with Gasteiger partial charge in [0.25, 0.3) is 0 Å². The summed E-state index contributed by atoms with van der Waals surface area (Å²) in [6, 6.07) is 8.60. The maximum Gasteiger partial charge on any atom is 0.433 e. The number of fused-ring (bicyclic) bond motifs is 1. The van der Waals surface area contributed by atoms with Gasteiger partial charge in [-0.1, -0.05) is 6.07 Å². The molecule has 0 atom stereocenters. The van der Waals surface area contributed by atoms with Crippen LogP contribution in [0.4, 0.5) is 17.6 Å². The fourth-order valence-corrected chi connectivity index (χ4v) is 3.19. The van der Waals surface area contributed by atoms with Crippen LogP contribution in [0.3, 0.4) is 0 Å². The minimum atomic E-state index is -4.51. The van der Waals surface area contributed by atoms with Gasteiger partial charge in [0, 0.05) is 42.0 Å². The molecule has 0 amide bonds. The summed E-state index contributed by atoms with van der Waals surface area (Å²) >= 11 is 0. The van der Waals surface area contributed by atoms with Crippen LogP contribution in [0, 0.1) is 5.82 Å². The van der Waals surface area contributed by atoms with Gasteiger partial charge in [-0.15, -0.1) is 0 Å². The van der Waals surface area contributed by atoms with E-state index in [4.69, 9.17) is 9.47 Å². The molecule has 9 heteroatoms. The molecular formula is C22H17F4N3O2. The Labute approximate surface area is 174 Å². The van der Waals surface area contributed by atoms with E-state index in [2.05, 4.69) is 15.0 Å². The molecule has 5 nitrogen and oxygen atoms in total. The Morgan fingerprint density at radius 2 is 1.87 bits per heavy atom. The Morgan fingerprint density at radius 1 is 1.03 bits per heavy atom. The molecule has 0 saturated heterocycles. The number of alkyl halides is 3. The average Bonchev–Trinajstić information content (AvgIpc) is 3.16. The summed E-state index contributed by atoms with van der Waals surface area (Å²) in [5.41, 5.74) is 1.43. The molecule has 0 radical (unpaired) electrons. The van der Waals surface area contributed by atoms with Gasteiger partial charge >= 0.3 is 6.18 Å². The number of benzene rings is 1. The lowest BCUT2D eigenvalue weighted by molar-refractivity contribution is -0.141. The molecule has 31 heavy (non-hydrogen) atoms. The number of pyridine rings is 2. The van der Waals surface area contributed by atoms with Crippen LogP contribution in [0.5, 0.6) is 11.5 Å². The van der Waals surface area contributed by atoms with Gasteiger partial charge in [-0.25, -0.2) is 9.37 Å². The van der Waals surface area contributed by atoms with Gasteiger partial charge in [-0.05, 0) is 35.4 Å². The number of nitrogens with one attached hydrogen (secondary N) is 1. The SMILES string of the molecule is COc1cc(Cc2c[nH]c3ncccc23)c(F)cc1OCc1ccc(C(F)(F)F)nc1. The van der Waals surface area contributed by atoms with Crippen LogP contribution < -0.4 is 9.47 Å². The molecular weight excluding hydrogens is 414 g/mol. The number of nitrogens with zero attached hydrogens (tertiary/aromatic N) is 2. The fraction of sp³-hybridized carbons (Fsp3) is 0.182. The van der Waals surface area contributed by atoms with Gasteiger partial charge in [0.15, 0.2) is 11.5 Å². The van der Waals surface area contributed by atoms with Crippen molar-refractivity contribution in [1.82, 2.24) is 15.0 Å². The van der Waals surface area contributed by atoms with E-state index < -0.39 is 17.7 Å². The number of aromatic nitrogens is 3. The number of H-pyrrole nitrogens is 1. The molecule has 0 aliphatic carbocycles. The second kappa shape index (κ2) is 8.25. The van der Waals surface area contributed by atoms with Crippen LogP contribution in [-0.4, -0.2) is 22.1 Å². The van der Waals surface area contributed by atoms with Gasteiger partial charge in [-0.2, -0.15) is 13.2 Å². The molecule has 4 rings (SSSR count). The first-order valence-electron chi connectivity index (χ1n) is 9.27. The van der Waals surface area contributed by atoms with Crippen LogP contribution in [-0.2, 0) is 19.2 Å². The van der Waals surface area contributed by atoms with E-state index in [1.54, 1.807) is 18.5 Å². The van der Waals surface area contributed by atoms with Crippen LogP contribution in [0.2, 0.25) is 0 Å². The first-order valence-corrected chi connectivity index (χ1v) is 9.27. The van der Waals surface area contributed by atoms with Gasteiger partial charge in [0.2, 0.25) is 0 Å². The molecule has 160 valence electrons. The van der Waals surface area contributed by atoms with Crippen molar-refractivity contribution in [3.63, 3.8) is 0 Å². The van der Waals surface area contributed by atoms with E-state index in [1.165, 1.54) is 19.2 Å². The predicted molar refractivity (Wildman–Crippen MR) is 105 cm³/mol. The second-order valence-corrected chi connectivity index (χ2v) is 6.82. The van der Waals surface area contributed by atoms with Gasteiger partial charge in [-0.3, -0.25) is 4.98 Å². The van der Waals surface area contributed by atoms with Crippen molar-refractivity contribution in [2.45, 2.75) is 19.2 Å². The van der Waals surface area contributed by atoms with E-state index in [9.17, 15) is 17.6 Å². The lowest BCUT2D eigenvalue weighted by Gasteiger charge is -2.13. The van der Waals surface area contributed by atoms with E-state index >= 15 is 0 Å². The minimum absolute atomic E-state index is 0.0889. The third kappa shape index (κ3) is 4.45. The van der Waals surface area contributed by atoms with E-state index in [1.807, 2.05) is 12.1 Å². The highest BCUT2D eigenvalue weighted by molar-refractivity contribution is 5.79. The highest BCUT2D eigenvalue weighted by atomic mass is 19.4. The molecule has 4 aromatic rings. The zero-order valence-corrected chi connectivity index (χ0v) is 16.3. The van der Waals surface area contributed by atoms with Crippen molar-refractivity contribution in [3.8, 4) is 11.5 Å². The maximum absolute atomic E-state index is 14.8. The van der Waals surface area contributed by atoms with E-state index in [0.29, 0.717) is 23.3 Å². The van der Waals surface area contributed by atoms with Crippen molar-refractivity contribution in [2.75, 3.05) is 7.11 Å². The van der Waals surface area contributed by atoms with E-state index in [-0.39, 0.29) is 12.4 Å². The Bertz CT molecular complexity index is 1200. The van der Waals surface area contributed by atoms with Crippen molar-refractivity contribution in [1.29, 1.82) is 0 Å². The lowest BCUT2D eigenvalue weighted by Crippen LogP contribution is -2.08. The molecule has 3 heterocycles.